The number of rotatable bonds is 5. The number of alkyl halides is 2. The molecular formula is C21H17F2N6O2P. The topological polar surface area (TPSA) is 97.7 Å². The lowest BCUT2D eigenvalue weighted by atomic mass is 10.1. The second-order valence-corrected chi connectivity index (χ2v) is 9.83. The molecule has 0 aliphatic carbocycles. The van der Waals surface area contributed by atoms with Crippen LogP contribution in [0.1, 0.15) is 18.3 Å². The molecule has 0 amide bonds. The van der Waals surface area contributed by atoms with E-state index in [2.05, 4.69) is 20.3 Å². The molecule has 0 aliphatic rings. The van der Waals surface area contributed by atoms with E-state index in [0.717, 1.165) is 10.0 Å². The van der Waals surface area contributed by atoms with E-state index in [4.69, 9.17) is 0 Å². The molecule has 0 bridgehead atoms. The van der Waals surface area contributed by atoms with Gasteiger partial charge in [-0.05, 0) is 36.4 Å². The molecule has 162 valence electrons. The maximum atomic E-state index is 15.4. The van der Waals surface area contributed by atoms with Crippen molar-refractivity contribution in [3.05, 3.63) is 78.5 Å². The smallest absolute Gasteiger partial charge is 0.335 e. The Labute approximate surface area is 180 Å². The number of hydrogen-bond donors (Lipinski definition) is 1. The number of halogens is 2. The molecular weight excluding hydrogens is 437 g/mol. The SMILES string of the molecule is CCP(=O)(O)c1ccc(-c2cnc3nnc(C(F)(F)c4ccc5cccn5c4)n3n2)cc1. The fourth-order valence-electron chi connectivity index (χ4n) is 3.42. The summed E-state index contributed by atoms with van der Waals surface area (Å²) in [5.41, 5.74) is 1.38. The van der Waals surface area contributed by atoms with Crippen molar-refractivity contribution in [2.45, 2.75) is 12.8 Å². The van der Waals surface area contributed by atoms with Gasteiger partial charge in [0.25, 0.3) is 5.78 Å². The standard InChI is InChI=1S/C21H17F2N6O2P/c1-2-32(30,31)17-9-5-14(6-10-17)18-12-24-20-26-25-19(29(20)27-18)21(22,23)15-7-8-16-4-3-11-28(16)13-15/h3-13H,2H2,1H3,(H,30,31). The third-order valence-corrected chi connectivity index (χ3v) is 7.26. The third kappa shape index (κ3) is 3.28. The van der Waals surface area contributed by atoms with Gasteiger partial charge in [0.1, 0.15) is 5.69 Å². The Bertz CT molecular complexity index is 1500. The van der Waals surface area contributed by atoms with Crippen molar-refractivity contribution in [2.24, 2.45) is 0 Å². The largest absolute Gasteiger partial charge is 0.341 e. The molecule has 1 unspecified atom stereocenters. The first-order chi connectivity index (χ1) is 15.3. The molecule has 0 fully saturated rings. The fourth-order valence-corrected chi connectivity index (χ4v) is 4.40. The van der Waals surface area contributed by atoms with Crippen LogP contribution in [0.15, 0.2) is 67.1 Å². The van der Waals surface area contributed by atoms with Crippen molar-refractivity contribution in [3.63, 3.8) is 0 Å². The Morgan fingerprint density at radius 2 is 1.88 bits per heavy atom. The number of nitrogens with zero attached hydrogens (tertiary/aromatic N) is 6. The maximum absolute atomic E-state index is 15.4. The van der Waals surface area contributed by atoms with Crippen molar-refractivity contribution < 1.29 is 18.2 Å². The first-order valence-electron chi connectivity index (χ1n) is 9.76. The van der Waals surface area contributed by atoms with Gasteiger partial charge in [0.15, 0.2) is 0 Å². The monoisotopic (exact) mass is 454 g/mol. The van der Waals surface area contributed by atoms with Gasteiger partial charge in [0.2, 0.25) is 13.2 Å². The van der Waals surface area contributed by atoms with Crippen LogP contribution in [0.5, 0.6) is 0 Å². The van der Waals surface area contributed by atoms with E-state index in [1.165, 1.54) is 30.6 Å². The number of benzene rings is 1. The summed E-state index contributed by atoms with van der Waals surface area (Å²) in [5.74, 6) is -4.19. The van der Waals surface area contributed by atoms with Crippen LogP contribution in [0, 0.1) is 0 Å². The quantitative estimate of drug-likeness (QED) is 0.409. The van der Waals surface area contributed by atoms with Gasteiger partial charge in [-0.25, -0.2) is 4.98 Å². The number of aromatic nitrogens is 6. The van der Waals surface area contributed by atoms with E-state index >= 15 is 8.78 Å². The molecule has 11 heteroatoms. The van der Waals surface area contributed by atoms with E-state index in [-0.39, 0.29) is 17.5 Å². The minimum Gasteiger partial charge on any atom is -0.341 e. The highest BCUT2D eigenvalue weighted by Crippen LogP contribution is 2.39. The minimum absolute atomic E-state index is 0.0621. The molecule has 4 heterocycles. The second-order valence-electron chi connectivity index (χ2n) is 7.28. The molecule has 0 saturated heterocycles. The predicted molar refractivity (Wildman–Crippen MR) is 114 cm³/mol. The highest BCUT2D eigenvalue weighted by Gasteiger charge is 2.40. The Hall–Kier alpha value is -3.49. The average molecular weight is 454 g/mol. The molecule has 1 aromatic carbocycles. The molecule has 5 rings (SSSR count). The van der Waals surface area contributed by atoms with Crippen molar-refractivity contribution in [2.75, 3.05) is 6.16 Å². The van der Waals surface area contributed by atoms with E-state index in [1.54, 1.807) is 41.8 Å². The van der Waals surface area contributed by atoms with Gasteiger partial charge < -0.3 is 9.29 Å². The molecule has 0 radical (unpaired) electrons. The highest BCUT2D eigenvalue weighted by atomic mass is 31.2. The Kier molecular flexibility index (Phi) is 4.65. The van der Waals surface area contributed by atoms with Gasteiger partial charge >= 0.3 is 5.92 Å². The van der Waals surface area contributed by atoms with E-state index < -0.39 is 19.1 Å². The minimum atomic E-state index is -3.47. The summed E-state index contributed by atoms with van der Waals surface area (Å²) in [6, 6.07) is 12.8. The zero-order chi connectivity index (χ0) is 22.5. The number of pyridine rings is 1. The van der Waals surface area contributed by atoms with E-state index in [1.807, 2.05) is 6.07 Å². The number of fused-ring (bicyclic) bond motifs is 2. The molecule has 5 aromatic rings. The lowest BCUT2D eigenvalue weighted by Gasteiger charge is -2.15. The fraction of sp³-hybridized carbons (Fsp3) is 0.143. The zero-order valence-electron chi connectivity index (χ0n) is 16.8. The van der Waals surface area contributed by atoms with Crippen LogP contribution in [0.3, 0.4) is 0 Å². The number of hydrogen-bond acceptors (Lipinski definition) is 5. The van der Waals surface area contributed by atoms with Crippen LogP contribution in [0.4, 0.5) is 8.78 Å². The lowest BCUT2D eigenvalue weighted by molar-refractivity contribution is 0.0301. The molecule has 1 N–H and O–H groups in total. The van der Waals surface area contributed by atoms with Crippen LogP contribution in [0.2, 0.25) is 0 Å². The Morgan fingerprint density at radius 1 is 1.09 bits per heavy atom. The molecule has 0 spiro atoms. The maximum Gasteiger partial charge on any atom is 0.335 e. The Balaban J connectivity index is 1.57. The van der Waals surface area contributed by atoms with Gasteiger partial charge in [-0.15, -0.1) is 10.2 Å². The first-order valence-corrected chi connectivity index (χ1v) is 11.6. The van der Waals surface area contributed by atoms with Gasteiger partial charge in [-0.1, -0.05) is 19.1 Å². The molecule has 4 aromatic heterocycles. The summed E-state index contributed by atoms with van der Waals surface area (Å²) in [6.45, 7) is 1.63. The average Bonchev–Trinajstić information content (AvgIpc) is 3.45. The third-order valence-electron chi connectivity index (χ3n) is 5.30. The molecule has 32 heavy (non-hydrogen) atoms. The van der Waals surface area contributed by atoms with Crippen molar-refractivity contribution >= 4 is 24.0 Å². The van der Waals surface area contributed by atoms with Gasteiger partial charge in [0, 0.05) is 40.5 Å². The predicted octanol–water partition coefficient (Wildman–Crippen LogP) is 3.49. The normalized spacial score (nSPS) is 14.1. The van der Waals surface area contributed by atoms with Gasteiger partial charge in [-0.2, -0.15) is 18.4 Å². The van der Waals surface area contributed by atoms with Crippen LogP contribution in [-0.4, -0.2) is 40.3 Å². The van der Waals surface area contributed by atoms with E-state index in [0.29, 0.717) is 16.6 Å². The van der Waals surface area contributed by atoms with Crippen molar-refractivity contribution in [1.82, 2.24) is 29.2 Å². The van der Waals surface area contributed by atoms with Gasteiger partial charge in [-0.3, -0.25) is 4.57 Å². The summed E-state index contributed by atoms with van der Waals surface area (Å²) in [5, 5.41) is 12.0. The zero-order valence-corrected chi connectivity index (χ0v) is 17.7. The summed E-state index contributed by atoms with van der Waals surface area (Å²) < 4.78 is 45.4. The van der Waals surface area contributed by atoms with Crippen LogP contribution < -0.4 is 5.30 Å². The molecule has 0 saturated carbocycles. The molecule has 0 aliphatic heterocycles. The van der Waals surface area contributed by atoms with Crippen LogP contribution >= 0.6 is 7.37 Å². The summed E-state index contributed by atoms with van der Waals surface area (Å²) >= 11 is 0. The van der Waals surface area contributed by atoms with Gasteiger partial charge in [0.05, 0.1) is 6.20 Å². The summed E-state index contributed by atoms with van der Waals surface area (Å²) in [6.07, 6.45) is 4.53. The van der Waals surface area contributed by atoms with Crippen molar-refractivity contribution in [3.8, 4) is 11.3 Å². The summed E-state index contributed by atoms with van der Waals surface area (Å²) in [7, 11) is -3.41. The highest BCUT2D eigenvalue weighted by molar-refractivity contribution is 7.66. The second kappa shape index (κ2) is 7.29. The summed E-state index contributed by atoms with van der Waals surface area (Å²) in [4.78, 5) is 14.1. The van der Waals surface area contributed by atoms with Crippen LogP contribution in [-0.2, 0) is 10.5 Å². The van der Waals surface area contributed by atoms with Crippen molar-refractivity contribution in [1.29, 1.82) is 0 Å². The lowest BCUT2D eigenvalue weighted by Crippen LogP contribution is -2.21. The van der Waals surface area contributed by atoms with E-state index in [9.17, 15) is 9.46 Å². The molecule has 1 atom stereocenters. The first kappa shape index (κ1) is 20.4. The molecule has 8 nitrogen and oxygen atoms in total. The Morgan fingerprint density at radius 3 is 2.62 bits per heavy atom. The van der Waals surface area contributed by atoms with Crippen LogP contribution in [0.25, 0.3) is 22.6 Å².